The Balaban J connectivity index is 2.04. The summed E-state index contributed by atoms with van der Waals surface area (Å²) < 4.78 is 0.703. The predicted molar refractivity (Wildman–Crippen MR) is 89.4 cm³/mol. The van der Waals surface area contributed by atoms with Crippen molar-refractivity contribution in [2.75, 3.05) is 31.1 Å². The molecule has 1 heterocycles. The van der Waals surface area contributed by atoms with Gasteiger partial charge in [0.15, 0.2) is 0 Å². The Kier molecular flexibility index (Phi) is 5.20. The van der Waals surface area contributed by atoms with Crippen molar-refractivity contribution >= 4 is 34.0 Å². The van der Waals surface area contributed by atoms with Gasteiger partial charge < -0.3 is 4.90 Å². The van der Waals surface area contributed by atoms with Gasteiger partial charge in [-0.1, -0.05) is 6.92 Å². The van der Waals surface area contributed by atoms with Crippen molar-refractivity contribution in [3.05, 3.63) is 31.9 Å². The Morgan fingerprint density at radius 3 is 2.50 bits per heavy atom. The third-order valence-electron chi connectivity index (χ3n) is 4.02. The van der Waals surface area contributed by atoms with Crippen LogP contribution >= 0.6 is 22.6 Å². The summed E-state index contributed by atoms with van der Waals surface area (Å²) in [6.45, 7) is 8.57. The van der Waals surface area contributed by atoms with Crippen molar-refractivity contribution < 1.29 is 4.92 Å². The van der Waals surface area contributed by atoms with Crippen LogP contribution in [-0.2, 0) is 0 Å². The highest BCUT2D eigenvalue weighted by Crippen LogP contribution is 2.27. The van der Waals surface area contributed by atoms with Crippen molar-refractivity contribution in [1.29, 1.82) is 0 Å². The van der Waals surface area contributed by atoms with Gasteiger partial charge in [0.1, 0.15) is 0 Å². The predicted octanol–water partition coefficient (Wildman–Crippen LogP) is 3.12. The number of piperazine rings is 1. The van der Waals surface area contributed by atoms with Crippen molar-refractivity contribution in [2.45, 2.75) is 26.3 Å². The fraction of sp³-hybridized carbons (Fsp3) is 0.571. The maximum Gasteiger partial charge on any atom is 0.282 e. The number of hydrogen-bond acceptors (Lipinski definition) is 4. The molecule has 0 aliphatic carbocycles. The lowest BCUT2D eigenvalue weighted by Crippen LogP contribution is -2.49. The molecule has 0 N–H and O–H groups in total. The summed E-state index contributed by atoms with van der Waals surface area (Å²) in [5.41, 5.74) is 1.27. The molecule has 20 heavy (non-hydrogen) atoms. The Labute approximate surface area is 133 Å². The fourth-order valence-electron chi connectivity index (χ4n) is 2.52. The molecule has 0 amide bonds. The number of rotatable bonds is 4. The van der Waals surface area contributed by atoms with E-state index in [2.05, 4.69) is 23.6 Å². The van der Waals surface area contributed by atoms with Crippen LogP contribution in [0.15, 0.2) is 18.2 Å². The van der Waals surface area contributed by atoms with Crippen molar-refractivity contribution in [3.63, 3.8) is 0 Å². The zero-order chi connectivity index (χ0) is 14.7. The number of nitro benzene ring substituents is 1. The summed E-state index contributed by atoms with van der Waals surface area (Å²) in [6, 6.07) is 6.02. The van der Waals surface area contributed by atoms with Crippen molar-refractivity contribution in [2.24, 2.45) is 0 Å². The van der Waals surface area contributed by atoms with E-state index < -0.39 is 0 Å². The van der Waals surface area contributed by atoms with E-state index in [1.165, 1.54) is 6.42 Å². The summed E-state index contributed by atoms with van der Waals surface area (Å²) in [4.78, 5) is 15.3. The fourth-order valence-corrected chi connectivity index (χ4v) is 3.22. The molecule has 1 aliphatic heterocycles. The number of nitro groups is 1. The molecule has 0 radical (unpaired) electrons. The molecule has 1 saturated heterocycles. The number of hydrogen-bond donors (Lipinski definition) is 0. The second-order valence-electron chi connectivity index (χ2n) is 5.17. The molecule has 1 aliphatic rings. The maximum atomic E-state index is 10.8. The van der Waals surface area contributed by atoms with Gasteiger partial charge in [-0.25, -0.2) is 0 Å². The first-order valence-electron chi connectivity index (χ1n) is 6.96. The lowest BCUT2D eigenvalue weighted by atomic mass is 10.1. The zero-order valence-electron chi connectivity index (χ0n) is 11.9. The van der Waals surface area contributed by atoms with Crippen LogP contribution in [0.1, 0.15) is 20.3 Å². The molecule has 5 nitrogen and oxygen atoms in total. The summed E-state index contributed by atoms with van der Waals surface area (Å²) >= 11 is 2.04. The molecular formula is C14H20IN3O2. The third kappa shape index (κ3) is 3.41. The molecular weight excluding hydrogens is 369 g/mol. The lowest BCUT2D eigenvalue weighted by molar-refractivity contribution is -0.385. The summed E-state index contributed by atoms with van der Waals surface area (Å²) in [5.74, 6) is 0. The minimum atomic E-state index is -0.327. The minimum Gasteiger partial charge on any atom is -0.369 e. The molecule has 1 aromatic rings. The van der Waals surface area contributed by atoms with E-state index in [4.69, 9.17) is 0 Å². The standard InChI is InChI=1S/C14H20IN3O2/c1-3-11(2)16-6-8-17(9-7-16)12-4-5-14(18(19)20)13(15)10-12/h4-5,10-11H,3,6-9H2,1-2H3. The summed E-state index contributed by atoms with van der Waals surface area (Å²) in [6.07, 6.45) is 1.18. The highest BCUT2D eigenvalue weighted by Gasteiger charge is 2.21. The van der Waals surface area contributed by atoms with Gasteiger partial charge in [0.2, 0.25) is 0 Å². The van der Waals surface area contributed by atoms with Crippen LogP contribution in [0.5, 0.6) is 0 Å². The van der Waals surface area contributed by atoms with Crippen LogP contribution in [0.3, 0.4) is 0 Å². The van der Waals surface area contributed by atoms with E-state index in [1.807, 2.05) is 34.7 Å². The van der Waals surface area contributed by atoms with Crippen LogP contribution in [-0.4, -0.2) is 42.0 Å². The SMILES string of the molecule is CCC(C)N1CCN(c2ccc([N+](=O)[O-])c(I)c2)CC1. The normalized spacial score (nSPS) is 18.1. The Bertz CT molecular complexity index is 487. The second kappa shape index (κ2) is 6.71. The first-order valence-corrected chi connectivity index (χ1v) is 8.03. The average molecular weight is 389 g/mol. The molecule has 1 fully saturated rings. The largest absolute Gasteiger partial charge is 0.369 e. The number of halogens is 1. The maximum absolute atomic E-state index is 10.8. The van der Waals surface area contributed by atoms with E-state index in [1.54, 1.807) is 6.07 Å². The van der Waals surface area contributed by atoms with E-state index in [-0.39, 0.29) is 10.6 Å². The molecule has 0 bridgehead atoms. The first-order chi connectivity index (χ1) is 9.52. The van der Waals surface area contributed by atoms with Gasteiger partial charge in [0.25, 0.3) is 5.69 Å². The minimum absolute atomic E-state index is 0.188. The summed E-state index contributed by atoms with van der Waals surface area (Å²) in [7, 11) is 0. The van der Waals surface area contributed by atoms with Crippen LogP contribution < -0.4 is 4.90 Å². The Morgan fingerprint density at radius 1 is 1.35 bits per heavy atom. The average Bonchev–Trinajstić information content (AvgIpc) is 2.46. The molecule has 0 spiro atoms. The van der Waals surface area contributed by atoms with Crippen LogP contribution in [0.25, 0.3) is 0 Å². The van der Waals surface area contributed by atoms with Gasteiger partial charge in [-0.3, -0.25) is 15.0 Å². The topological polar surface area (TPSA) is 49.6 Å². The molecule has 0 aromatic heterocycles. The van der Waals surface area contributed by atoms with Gasteiger partial charge in [-0.05, 0) is 48.1 Å². The van der Waals surface area contributed by atoms with Crippen LogP contribution in [0.2, 0.25) is 0 Å². The van der Waals surface area contributed by atoms with Gasteiger partial charge in [0.05, 0.1) is 8.49 Å². The first kappa shape index (κ1) is 15.5. The van der Waals surface area contributed by atoms with E-state index in [0.29, 0.717) is 9.61 Å². The van der Waals surface area contributed by atoms with Gasteiger partial charge in [-0.15, -0.1) is 0 Å². The number of nitrogens with zero attached hydrogens (tertiary/aromatic N) is 3. The van der Waals surface area contributed by atoms with Gasteiger partial charge in [-0.2, -0.15) is 0 Å². The summed E-state index contributed by atoms with van der Waals surface area (Å²) in [5, 5.41) is 10.8. The quantitative estimate of drug-likeness (QED) is 0.451. The number of anilines is 1. The highest BCUT2D eigenvalue weighted by molar-refractivity contribution is 14.1. The van der Waals surface area contributed by atoms with Gasteiger partial charge >= 0.3 is 0 Å². The van der Waals surface area contributed by atoms with E-state index >= 15 is 0 Å². The smallest absolute Gasteiger partial charge is 0.282 e. The molecule has 1 unspecified atom stereocenters. The molecule has 6 heteroatoms. The van der Waals surface area contributed by atoms with Crippen LogP contribution in [0.4, 0.5) is 11.4 Å². The lowest BCUT2D eigenvalue weighted by Gasteiger charge is -2.39. The Hall–Kier alpha value is -0.890. The molecule has 110 valence electrons. The molecule has 2 rings (SSSR count). The zero-order valence-corrected chi connectivity index (χ0v) is 14.0. The highest BCUT2D eigenvalue weighted by atomic mass is 127. The van der Waals surface area contributed by atoms with E-state index in [9.17, 15) is 10.1 Å². The molecule has 1 aromatic carbocycles. The third-order valence-corrected chi connectivity index (χ3v) is 4.89. The second-order valence-corrected chi connectivity index (χ2v) is 6.34. The van der Waals surface area contributed by atoms with Crippen molar-refractivity contribution in [1.82, 2.24) is 4.90 Å². The molecule has 1 atom stereocenters. The monoisotopic (exact) mass is 389 g/mol. The van der Waals surface area contributed by atoms with E-state index in [0.717, 1.165) is 31.9 Å². The number of benzene rings is 1. The molecule has 0 saturated carbocycles. The van der Waals surface area contributed by atoms with Crippen LogP contribution in [0, 0.1) is 13.7 Å². The van der Waals surface area contributed by atoms with Crippen molar-refractivity contribution in [3.8, 4) is 0 Å². The Morgan fingerprint density at radius 2 is 2.00 bits per heavy atom. The van der Waals surface area contributed by atoms with Gasteiger partial charge in [0, 0.05) is 44.0 Å².